The second kappa shape index (κ2) is 7.76. The van der Waals surface area contributed by atoms with Crippen LogP contribution in [0.4, 0.5) is 4.39 Å². The first kappa shape index (κ1) is 17.7. The number of amides is 3. The molecule has 7 nitrogen and oxygen atoms in total. The zero-order valence-corrected chi connectivity index (χ0v) is 13.4. The SMILES string of the molecule is CC(=O)N1CCN(C(=O)CCOc2cccc(F)c2)C[C@H]1C(N)=O. The summed E-state index contributed by atoms with van der Waals surface area (Å²) in [6.07, 6.45) is 0.0854. The average Bonchev–Trinajstić information content (AvgIpc) is 2.54. The molecule has 0 bridgehead atoms. The number of ether oxygens (including phenoxy) is 1. The molecule has 0 aromatic heterocycles. The highest BCUT2D eigenvalue weighted by Gasteiger charge is 2.34. The Morgan fingerprint density at radius 3 is 2.71 bits per heavy atom. The number of piperazine rings is 1. The van der Waals surface area contributed by atoms with Crippen LogP contribution in [0.3, 0.4) is 0 Å². The fraction of sp³-hybridized carbons (Fsp3) is 0.438. The van der Waals surface area contributed by atoms with Crippen LogP contribution in [0.1, 0.15) is 13.3 Å². The van der Waals surface area contributed by atoms with Gasteiger partial charge in [-0.3, -0.25) is 14.4 Å². The van der Waals surface area contributed by atoms with E-state index in [4.69, 9.17) is 10.5 Å². The van der Waals surface area contributed by atoms with Crippen molar-refractivity contribution in [3.63, 3.8) is 0 Å². The number of rotatable bonds is 5. The Hall–Kier alpha value is -2.64. The Bertz CT molecular complexity index is 638. The smallest absolute Gasteiger partial charge is 0.242 e. The maximum Gasteiger partial charge on any atom is 0.242 e. The lowest BCUT2D eigenvalue weighted by Crippen LogP contribution is -2.60. The number of nitrogens with two attached hydrogens (primary N) is 1. The van der Waals surface area contributed by atoms with Crippen molar-refractivity contribution in [2.75, 3.05) is 26.2 Å². The Kier molecular flexibility index (Phi) is 5.73. The van der Waals surface area contributed by atoms with Gasteiger partial charge in [-0.25, -0.2) is 4.39 Å². The second-order valence-electron chi connectivity index (χ2n) is 5.53. The van der Waals surface area contributed by atoms with Crippen LogP contribution < -0.4 is 10.5 Å². The molecular formula is C16H20FN3O4. The second-order valence-corrected chi connectivity index (χ2v) is 5.53. The van der Waals surface area contributed by atoms with Gasteiger partial charge in [0.15, 0.2) is 0 Å². The number of hydrogen-bond donors (Lipinski definition) is 1. The normalized spacial score (nSPS) is 17.5. The Morgan fingerprint density at radius 1 is 1.33 bits per heavy atom. The van der Waals surface area contributed by atoms with Gasteiger partial charge in [-0.2, -0.15) is 0 Å². The first-order valence-corrected chi connectivity index (χ1v) is 7.61. The summed E-state index contributed by atoms with van der Waals surface area (Å²) in [7, 11) is 0. The van der Waals surface area contributed by atoms with Crippen molar-refractivity contribution in [2.24, 2.45) is 5.73 Å². The molecule has 2 N–H and O–H groups in total. The molecule has 1 aromatic carbocycles. The van der Waals surface area contributed by atoms with Crippen LogP contribution in [-0.4, -0.2) is 59.8 Å². The molecule has 1 aromatic rings. The fourth-order valence-electron chi connectivity index (χ4n) is 2.60. The quantitative estimate of drug-likeness (QED) is 0.827. The van der Waals surface area contributed by atoms with Gasteiger partial charge in [0.05, 0.1) is 19.6 Å². The minimum atomic E-state index is -0.815. The van der Waals surface area contributed by atoms with Crippen LogP contribution in [-0.2, 0) is 14.4 Å². The van der Waals surface area contributed by atoms with Gasteiger partial charge in [0.25, 0.3) is 0 Å². The van der Waals surface area contributed by atoms with Gasteiger partial charge in [-0.1, -0.05) is 6.07 Å². The van der Waals surface area contributed by atoms with E-state index in [0.717, 1.165) is 0 Å². The molecule has 1 aliphatic heterocycles. The van der Waals surface area contributed by atoms with Gasteiger partial charge < -0.3 is 20.3 Å². The molecule has 1 aliphatic rings. The van der Waals surface area contributed by atoms with Gasteiger partial charge in [0.1, 0.15) is 17.6 Å². The third kappa shape index (κ3) is 4.43. The lowest BCUT2D eigenvalue weighted by atomic mass is 10.1. The summed E-state index contributed by atoms with van der Waals surface area (Å²) in [4.78, 5) is 38.1. The number of nitrogens with zero attached hydrogens (tertiary/aromatic N) is 2. The summed E-state index contributed by atoms with van der Waals surface area (Å²) in [6.45, 7) is 2.13. The predicted molar refractivity (Wildman–Crippen MR) is 83.5 cm³/mol. The summed E-state index contributed by atoms with van der Waals surface area (Å²) >= 11 is 0. The van der Waals surface area contributed by atoms with E-state index in [0.29, 0.717) is 12.3 Å². The minimum Gasteiger partial charge on any atom is -0.493 e. The Balaban J connectivity index is 1.86. The van der Waals surface area contributed by atoms with Crippen LogP contribution in [0.25, 0.3) is 0 Å². The van der Waals surface area contributed by atoms with Crippen LogP contribution >= 0.6 is 0 Å². The van der Waals surface area contributed by atoms with Gasteiger partial charge >= 0.3 is 0 Å². The van der Waals surface area contributed by atoms with Crippen molar-refractivity contribution in [1.82, 2.24) is 9.80 Å². The molecule has 1 fully saturated rings. The standard InChI is InChI=1S/C16H20FN3O4/c1-11(21)20-7-6-19(10-14(20)16(18)23)15(22)5-8-24-13-4-2-3-12(17)9-13/h2-4,9,14H,5-8,10H2,1H3,(H2,18,23)/t14-/m0/s1. The van der Waals surface area contributed by atoms with Crippen molar-refractivity contribution in [3.05, 3.63) is 30.1 Å². The molecule has 1 saturated heterocycles. The third-order valence-electron chi connectivity index (χ3n) is 3.85. The van der Waals surface area contributed by atoms with Crippen molar-refractivity contribution in [2.45, 2.75) is 19.4 Å². The topological polar surface area (TPSA) is 92.9 Å². The Labute approximate surface area is 139 Å². The van der Waals surface area contributed by atoms with E-state index in [2.05, 4.69) is 0 Å². The van der Waals surface area contributed by atoms with Crippen LogP contribution in [0.5, 0.6) is 5.75 Å². The molecule has 0 aliphatic carbocycles. The summed E-state index contributed by atoms with van der Waals surface area (Å²) in [5, 5.41) is 0. The van der Waals surface area contributed by atoms with Crippen LogP contribution in [0.15, 0.2) is 24.3 Å². The fourth-order valence-corrected chi connectivity index (χ4v) is 2.60. The Morgan fingerprint density at radius 2 is 2.08 bits per heavy atom. The van der Waals surface area contributed by atoms with Crippen molar-refractivity contribution < 1.29 is 23.5 Å². The third-order valence-corrected chi connectivity index (χ3v) is 3.85. The maximum atomic E-state index is 13.0. The number of primary amides is 1. The van der Waals surface area contributed by atoms with Gasteiger partial charge in [-0.15, -0.1) is 0 Å². The summed E-state index contributed by atoms with van der Waals surface area (Å²) in [6, 6.07) is 4.84. The summed E-state index contributed by atoms with van der Waals surface area (Å²) in [5.74, 6) is -1.16. The van der Waals surface area contributed by atoms with Crippen molar-refractivity contribution >= 4 is 17.7 Å². The molecular weight excluding hydrogens is 317 g/mol. The largest absolute Gasteiger partial charge is 0.493 e. The van der Waals surface area contributed by atoms with E-state index in [-0.39, 0.29) is 37.9 Å². The summed E-state index contributed by atoms with van der Waals surface area (Å²) in [5.41, 5.74) is 5.32. The lowest BCUT2D eigenvalue weighted by Gasteiger charge is -2.39. The first-order chi connectivity index (χ1) is 11.4. The minimum absolute atomic E-state index is 0.0771. The average molecular weight is 337 g/mol. The molecule has 3 amide bonds. The molecule has 1 heterocycles. The number of halogens is 1. The van der Waals surface area contributed by atoms with Gasteiger partial charge in [0.2, 0.25) is 17.7 Å². The van der Waals surface area contributed by atoms with E-state index in [1.54, 1.807) is 6.07 Å². The molecule has 0 saturated carbocycles. The van der Waals surface area contributed by atoms with Gasteiger partial charge in [0, 0.05) is 26.1 Å². The number of hydrogen-bond acceptors (Lipinski definition) is 4. The molecule has 0 unspecified atom stereocenters. The van der Waals surface area contributed by atoms with Gasteiger partial charge in [-0.05, 0) is 12.1 Å². The maximum absolute atomic E-state index is 13.0. The molecule has 0 spiro atoms. The molecule has 1 atom stereocenters. The molecule has 8 heteroatoms. The van der Waals surface area contributed by atoms with E-state index >= 15 is 0 Å². The van der Waals surface area contributed by atoms with Crippen LogP contribution in [0.2, 0.25) is 0 Å². The highest BCUT2D eigenvalue weighted by Crippen LogP contribution is 2.14. The van der Waals surface area contributed by atoms with E-state index in [1.807, 2.05) is 0 Å². The van der Waals surface area contributed by atoms with Crippen molar-refractivity contribution in [3.8, 4) is 5.75 Å². The summed E-state index contributed by atoms with van der Waals surface area (Å²) < 4.78 is 18.4. The molecule has 130 valence electrons. The molecule has 24 heavy (non-hydrogen) atoms. The highest BCUT2D eigenvalue weighted by molar-refractivity contribution is 5.87. The first-order valence-electron chi connectivity index (χ1n) is 7.61. The van der Waals surface area contributed by atoms with Crippen LogP contribution in [0, 0.1) is 5.82 Å². The number of carbonyl (C=O) groups excluding carboxylic acids is 3. The molecule has 0 radical (unpaired) electrons. The predicted octanol–water partition coefficient (Wildman–Crippen LogP) is 0.139. The molecule has 2 rings (SSSR count). The van der Waals surface area contributed by atoms with E-state index in [1.165, 1.54) is 34.9 Å². The zero-order chi connectivity index (χ0) is 17.7. The highest BCUT2D eigenvalue weighted by atomic mass is 19.1. The number of carbonyl (C=O) groups is 3. The number of benzene rings is 1. The monoisotopic (exact) mass is 337 g/mol. The lowest BCUT2D eigenvalue weighted by molar-refractivity contribution is -0.146. The van der Waals surface area contributed by atoms with E-state index in [9.17, 15) is 18.8 Å². The zero-order valence-electron chi connectivity index (χ0n) is 13.4. The van der Waals surface area contributed by atoms with Crippen molar-refractivity contribution in [1.29, 1.82) is 0 Å². The van der Waals surface area contributed by atoms with E-state index < -0.39 is 17.8 Å².